The molecule has 0 aliphatic heterocycles. The minimum atomic E-state index is -0.545. The lowest BCUT2D eigenvalue weighted by Crippen LogP contribution is -1.97. The van der Waals surface area contributed by atoms with Crippen LogP contribution in [0.4, 0.5) is 5.69 Å². The third-order valence-electron chi connectivity index (χ3n) is 1.43. The van der Waals surface area contributed by atoms with Crippen LogP contribution in [0.1, 0.15) is 10.5 Å². The minimum Gasteiger partial charge on any atom is -0.345 e. The second-order valence-electron chi connectivity index (χ2n) is 2.26. The maximum absolute atomic E-state index is 10.7. The molecule has 12 heavy (non-hydrogen) atoms. The van der Waals surface area contributed by atoms with Gasteiger partial charge in [-0.3, -0.25) is 9.59 Å². The van der Waals surface area contributed by atoms with Gasteiger partial charge in [-0.25, -0.2) is 0 Å². The lowest BCUT2D eigenvalue weighted by atomic mass is 10.4. The van der Waals surface area contributed by atoms with Crippen molar-refractivity contribution >= 4 is 28.9 Å². The van der Waals surface area contributed by atoms with Crippen LogP contribution in [-0.4, -0.2) is 16.2 Å². The molecule has 0 bridgehead atoms. The molecule has 0 radical (unpaired) electrons. The van der Waals surface area contributed by atoms with E-state index in [0.717, 1.165) is 0 Å². The van der Waals surface area contributed by atoms with Gasteiger partial charge in [0.25, 0.3) is 5.24 Å². The Morgan fingerprint density at radius 1 is 1.75 bits per heavy atom. The molecule has 0 aliphatic carbocycles. The zero-order chi connectivity index (χ0) is 9.14. The van der Waals surface area contributed by atoms with Gasteiger partial charge >= 0.3 is 0 Å². The van der Waals surface area contributed by atoms with Crippen molar-refractivity contribution in [1.82, 2.24) is 4.57 Å². The van der Waals surface area contributed by atoms with Gasteiger partial charge in [-0.1, -0.05) is 0 Å². The summed E-state index contributed by atoms with van der Waals surface area (Å²) in [5.41, 5.74) is 0.900. The van der Waals surface area contributed by atoms with Crippen molar-refractivity contribution in [3.05, 3.63) is 18.0 Å². The Hall–Kier alpha value is -1.29. The number of halogens is 1. The number of amides is 1. The van der Waals surface area contributed by atoms with Crippen LogP contribution in [0.5, 0.6) is 0 Å². The number of nitrogens with zero attached hydrogens (tertiary/aromatic N) is 1. The van der Waals surface area contributed by atoms with E-state index in [2.05, 4.69) is 5.32 Å². The second kappa shape index (κ2) is 3.40. The van der Waals surface area contributed by atoms with E-state index in [1.54, 1.807) is 17.8 Å². The van der Waals surface area contributed by atoms with E-state index >= 15 is 0 Å². The average molecular weight is 187 g/mol. The third kappa shape index (κ3) is 1.65. The summed E-state index contributed by atoms with van der Waals surface area (Å²) < 4.78 is 1.54. The Balaban J connectivity index is 2.99. The van der Waals surface area contributed by atoms with Gasteiger partial charge in [0.1, 0.15) is 5.69 Å². The van der Waals surface area contributed by atoms with Crippen LogP contribution < -0.4 is 5.32 Å². The first-order chi connectivity index (χ1) is 5.65. The molecule has 0 fully saturated rings. The number of carbonyl (C=O) groups is 2. The Morgan fingerprint density at radius 3 is 2.83 bits per heavy atom. The first kappa shape index (κ1) is 8.80. The van der Waals surface area contributed by atoms with Gasteiger partial charge in [0.2, 0.25) is 6.41 Å². The highest BCUT2D eigenvalue weighted by atomic mass is 35.5. The van der Waals surface area contributed by atoms with Crippen molar-refractivity contribution in [2.45, 2.75) is 0 Å². The Labute approximate surface area is 74.1 Å². The van der Waals surface area contributed by atoms with Crippen LogP contribution in [0, 0.1) is 0 Å². The number of rotatable bonds is 3. The van der Waals surface area contributed by atoms with Crippen molar-refractivity contribution in [2.24, 2.45) is 7.05 Å². The molecule has 64 valence electrons. The number of aromatic nitrogens is 1. The van der Waals surface area contributed by atoms with Crippen molar-refractivity contribution in [1.29, 1.82) is 0 Å². The van der Waals surface area contributed by atoms with Crippen LogP contribution >= 0.6 is 11.6 Å². The van der Waals surface area contributed by atoms with Gasteiger partial charge in [0.05, 0.1) is 5.69 Å². The molecule has 0 aromatic carbocycles. The summed E-state index contributed by atoms with van der Waals surface area (Å²) in [6.07, 6.45) is 2.14. The number of carbonyl (C=O) groups excluding carboxylic acids is 2. The topological polar surface area (TPSA) is 51.1 Å². The van der Waals surface area contributed by atoms with E-state index in [1.807, 2.05) is 0 Å². The zero-order valence-electron chi connectivity index (χ0n) is 6.37. The number of nitrogens with one attached hydrogen (secondary N) is 1. The summed E-state index contributed by atoms with van der Waals surface area (Å²) >= 11 is 5.25. The normalized spacial score (nSPS) is 9.50. The fourth-order valence-electron chi connectivity index (χ4n) is 0.907. The fraction of sp³-hybridized carbons (Fsp3) is 0.143. The standard InChI is InChI=1S/C7H7ClN2O2/c1-10-3-5(9-4-11)2-6(10)7(8)12/h2-4H,1H3,(H,9,11). The van der Waals surface area contributed by atoms with E-state index in [0.29, 0.717) is 17.8 Å². The molecule has 1 N–H and O–H groups in total. The molecule has 1 amide bonds. The van der Waals surface area contributed by atoms with Gasteiger partial charge in [0.15, 0.2) is 0 Å². The molecule has 0 saturated carbocycles. The molecule has 1 rings (SSSR count). The van der Waals surface area contributed by atoms with Crippen molar-refractivity contribution < 1.29 is 9.59 Å². The molecule has 5 heteroatoms. The summed E-state index contributed by atoms with van der Waals surface area (Å²) in [4.78, 5) is 20.7. The fourth-order valence-corrected chi connectivity index (χ4v) is 1.09. The molecular formula is C7H7ClN2O2. The Bertz CT molecular complexity index is 319. The molecule has 1 heterocycles. The predicted octanol–water partition coefficient (Wildman–Crippen LogP) is 0.972. The summed E-state index contributed by atoms with van der Waals surface area (Å²) in [5, 5.41) is 1.87. The smallest absolute Gasteiger partial charge is 0.268 e. The molecule has 0 unspecified atom stereocenters. The Kier molecular flexibility index (Phi) is 2.50. The molecule has 0 spiro atoms. The number of anilines is 1. The van der Waals surface area contributed by atoms with Gasteiger partial charge in [0, 0.05) is 13.2 Å². The van der Waals surface area contributed by atoms with Gasteiger partial charge < -0.3 is 9.88 Å². The van der Waals surface area contributed by atoms with Crippen molar-refractivity contribution in [2.75, 3.05) is 5.32 Å². The molecule has 0 aliphatic rings. The summed E-state index contributed by atoms with van der Waals surface area (Å²) in [7, 11) is 1.67. The molecule has 4 nitrogen and oxygen atoms in total. The van der Waals surface area contributed by atoms with Crippen LogP contribution in [-0.2, 0) is 11.8 Å². The van der Waals surface area contributed by atoms with E-state index in [9.17, 15) is 9.59 Å². The lowest BCUT2D eigenvalue weighted by Gasteiger charge is -1.92. The maximum atomic E-state index is 10.7. The van der Waals surface area contributed by atoms with E-state index in [4.69, 9.17) is 11.6 Å². The first-order valence-corrected chi connectivity index (χ1v) is 3.59. The van der Waals surface area contributed by atoms with Crippen molar-refractivity contribution in [3.8, 4) is 0 Å². The molecule has 0 saturated heterocycles. The van der Waals surface area contributed by atoms with Crippen LogP contribution in [0.25, 0.3) is 0 Å². The van der Waals surface area contributed by atoms with Gasteiger partial charge in [-0.05, 0) is 17.7 Å². The van der Waals surface area contributed by atoms with Crippen molar-refractivity contribution in [3.63, 3.8) is 0 Å². The Morgan fingerprint density at radius 2 is 2.42 bits per heavy atom. The van der Waals surface area contributed by atoms with E-state index in [-0.39, 0.29) is 0 Å². The first-order valence-electron chi connectivity index (χ1n) is 3.21. The predicted molar refractivity (Wildman–Crippen MR) is 45.3 cm³/mol. The van der Waals surface area contributed by atoms with E-state index < -0.39 is 5.24 Å². The van der Waals surface area contributed by atoms with Crippen LogP contribution in [0.3, 0.4) is 0 Å². The third-order valence-corrected chi connectivity index (χ3v) is 1.63. The van der Waals surface area contributed by atoms with Crippen LogP contribution in [0.2, 0.25) is 0 Å². The number of hydrogen-bond acceptors (Lipinski definition) is 2. The quantitative estimate of drug-likeness (QED) is 0.565. The largest absolute Gasteiger partial charge is 0.345 e. The zero-order valence-corrected chi connectivity index (χ0v) is 7.13. The maximum Gasteiger partial charge on any atom is 0.268 e. The summed E-state index contributed by atoms with van der Waals surface area (Å²) in [6, 6.07) is 1.50. The number of aryl methyl sites for hydroxylation is 1. The SMILES string of the molecule is Cn1cc(NC=O)cc1C(=O)Cl. The molecule has 0 atom stereocenters. The summed E-state index contributed by atoms with van der Waals surface area (Å²) in [5.74, 6) is 0. The average Bonchev–Trinajstić information content (AvgIpc) is 2.32. The van der Waals surface area contributed by atoms with Gasteiger partial charge in [-0.15, -0.1) is 0 Å². The lowest BCUT2D eigenvalue weighted by molar-refractivity contribution is -0.105. The monoisotopic (exact) mass is 186 g/mol. The van der Waals surface area contributed by atoms with Gasteiger partial charge in [-0.2, -0.15) is 0 Å². The minimum absolute atomic E-state index is 0.348. The van der Waals surface area contributed by atoms with E-state index in [1.165, 1.54) is 6.07 Å². The molecular weight excluding hydrogens is 180 g/mol. The summed E-state index contributed by atoms with van der Waals surface area (Å²) in [6.45, 7) is 0. The highest BCUT2D eigenvalue weighted by Crippen LogP contribution is 2.13. The highest BCUT2D eigenvalue weighted by Gasteiger charge is 2.07. The molecule has 1 aromatic heterocycles. The highest BCUT2D eigenvalue weighted by molar-refractivity contribution is 6.67. The second-order valence-corrected chi connectivity index (χ2v) is 2.60. The molecule has 1 aromatic rings. The van der Waals surface area contributed by atoms with Crippen LogP contribution in [0.15, 0.2) is 12.3 Å². The number of hydrogen-bond donors (Lipinski definition) is 1.